The van der Waals surface area contributed by atoms with E-state index in [-0.39, 0.29) is 24.7 Å². The number of hydroxylamine groups is 3. The molecule has 5 rings (SSSR count). The summed E-state index contributed by atoms with van der Waals surface area (Å²) in [5.74, 6) is 1.54. The largest absolute Gasteiger partial charge is 0.632 e. The Morgan fingerprint density at radius 3 is 2.50 bits per heavy atom. The number of rotatable bonds is 4. The lowest BCUT2D eigenvalue weighted by Gasteiger charge is -2.50. The first-order valence-electron chi connectivity index (χ1n) is 10.0. The van der Waals surface area contributed by atoms with Crippen molar-refractivity contribution in [2.45, 2.75) is 18.6 Å². The molecule has 3 aliphatic rings. The topological polar surface area (TPSA) is 95.5 Å². The van der Waals surface area contributed by atoms with Crippen molar-refractivity contribution in [3.8, 4) is 28.7 Å². The number of methoxy groups -OCH3 is 3. The van der Waals surface area contributed by atoms with Gasteiger partial charge in [0.25, 0.3) is 0 Å². The third-order valence-corrected chi connectivity index (χ3v) is 7.20. The van der Waals surface area contributed by atoms with Crippen LogP contribution >= 0.6 is 15.9 Å². The highest BCUT2D eigenvalue weighted by molar-refractivity contribution is 9.10. The summed E-state index contributed by atoms with van der Waals surface area (Å²) in [5.41, 5.74) is 2.37. The normalized spacial score (nSPS) is 25.1. The van der Waals surface area contributed by atoms with Gasteiger partial charge >= 0.3 is 5.97 Å². The number of cyclic esters (lactones) is 1. The van der Waals surface area contributed by atoms with E-state index in [0.717, 1.165) is 10.0 Å². The lowest BCUT2D eigenvalue weighted by atomic mass is 9.85. The summed E-state index contributed by atoms with van der Waals surface area (Å²) < 4.78 is 33.7. The molecular weight excluding hydrogens is 486 g/mol. The standard InChI is InChI=1S/C22H22BrNO8/c1-24(26)8-7-10-13(19(29-4)21-20(15(10)23)30-9-31-21)16(24)17-11-5-6-12(27-2)18(28-3)14(11)22(25)32-17/h5-6,16-17H,7-9H2,1-4H3. The Morgan fingerprint density at radius 1 is 1.09 bits per heavy atom. The molecule has 0 bridgehead atoms. The number of fused-ring (bicyclic) bond motifs is 3. The van der Waals surface area contributed by atoms with Crippen LogP contribution in [0.1, 0.15) is 39.2 Å². The van der Waals surface area contributed by atoms with Gasteiger partial charge in [0.05, 0.1) is 45.0 Å². The van der Waals surface area contributed by atoms with Crippen LogP contribution in [-0.4, -0.2) is 52.3 Å². The molecule has 0 fully saturated rings. The molecule has 3 unspecified atom stereocenters. The smallest absolute Gasteiger partial charge is 0.343 e. The maximum absolute atomic E-state index is 13.8. The molecule has 32 heavy (non-hydrogen) atoms. The highest BCUT2D eigenvalue weighted by atomic mass is 79.9. The summed E-state index contributed by atoms with van der Waals surface area (Å²) in [5, 5.41) is 13.8. The van der Waals surface area contributed by atoms with Crippen LogP contribution in [0.2, 0.25) is 0 Å². The predicted octanol–water partition coefficient (Wildman–Crippen LogP) is 3.66. The third-order valence-electron chi connectivity index (χ3n) is 6.36. The van der Waals surface area contributed by atoms with Gasteiger partial charge in [-0.2, -0.15) is 0 Å². The van der Waals surface area contributed by atoms with E-state index in [1.807, 2.05) is 0 Å². The zero-order valence-corrected chi connectivity index (χ0v) is 19.6. The van der Waals surface area contributed by atoms with E-state index in [4.69, 9.17) is 28.4 Å². The molecule has 0 amide bonds. The number of ether oxygens (including phenoxy) is 6. The van der Waals surface area contributed by atoms with Crippen molar-refractivity contribution in [1.82, 2.24) is 0 Å². The minimum atomic E-state index is -0.847. The lowest BCUT2D eigenvalue weighted by Crippen LogP contribution is -2.49. The predicted molar refractivity (Wildman–Crippen MR) is 115 cm³/mol. The summed E-state index contributed by atoms with van der Waals surface area (Å²) in [6.07, 6.45) is -0.348. The SMILES string of the molecule is COc1ccc2c(c1OC)C(=O)OC2C1c2c(c(Br)c3c(c2OC)OCO3)CC[N+]1(C)[O-]. The summed E-state index contributed by atoms with van der Waals surface area (Å²) in [7, 11) is 6.06. The van der Waals surface area contributed by atoms with Crippen LogP contribution in [0.25, 0.3) is 0 Å². The Kier molecular flexibility index (Phi) is 4.92. The number of likely N-dealkylation sites (N-methyl/N-ethyl adjacent to an activating group) is 1. The molecule has 9 nitrogen and oxygen atoms in total. The van der Waals surface area contributed by atoms with Gasteiger partial charge in [-0.1, -0.05) is 6.07 Å². The highest BCUT2D eigenvalue weighted by Crippen LogP contribution is 2.59. The number of benzene rings is 2. The van der Waals surface area contributed by atoms with E-state index < -0.39 is 22.8 Å². The molecule has 0 saturated carbocycles. The average Bonchev–Trinajstić information content (AvgIpc) is 3.38. The number of esters is 1. The first-order valence-corrected chi connectivity index (χ1v) is 10.8. The minimum Gasteiger partial charge on any atom is -0.632 e. The number of halogens is 1. The van der Waals surface area contributed by atoms with Crippen molar-refractivity contribution in [2.75, 3.05) is 41.7 Å². The molecule has 2 aromatic carbocycles. The molecule has 0 N–H and O–H groups in total. The zero-order chi connectivity index (χ0) is 22.8. The number of carbonyl (C=O) groups is 1. The van der Waals surface area contributed by atoms with Crippen LogP contribution in [0.4, 0.5) is 0 Å². The second kappa shape index (κ2) is 7.43. The molecule has 10 heteroatoms. The molecule has 0 aliphatic carbocycles. The first kappa shape index (κ1) is 21.2. The molecule has 2 aromatic rings. The molecule has 0 aromatic heterocycles. The second-order valence-electron chi connectivity index (χ2n) is 7.99. The van der Waals surface area contributed by atoms with E-state index >= 15 is 0 Å². The van der Waals surface area contributed by atoms with E-state index in [2.05, 4.69) is 15.9 Å². The van der Waals surface area contributed by atoms with E-state index in [1.165, 1.54) is 21.3 Å². The Morgan fingerprint density at radius 2 is 1.81 bits per heavy atom. The molecule has 3 atom stereocenters. The number of hydrogen-bond acceptors (Lipinski definition) is 8. The van der Waals surface area contributed by atoms with Gasteiger partial charge in [0.1, 0.15) is 5.56 Å². The van der Waals surface area contributed by atoms with Crippen molar-refractivity contribution in [3.63, 3.8) is 0 Å². The van der Waals surface area contributed by atoms with Crippen LogP contribution in [0.5, 0.6) is 28.7 Å². The second-order valence-corrected chi connectivity index (χ2v) is 8.78. The fourth-order valence-electron chi connectivity index (χ4n) is 4.93. The van der Waals surface area contributed by atoms with Gasteiger partial charge in [-0.05, 0) is 27.6 Å². The van der Waals surface area contributed by atoms with Gasteiger partial charge in [0, 0.05) is 12.0 Å². The van der Waals surface area contributed by atoms with Crippen molar-refractivity contribution >= 4 is 21.9 Å². The van der Waals surface area contributed by atoms with Gasteiger partial charge in [-0.25, -0.2) is 4.79 Å². The minimum absolute atomic E-state index is 0.0552. The Balaban J connectivity index is 1.75. The zero-order valence-electron chi connectivity index (χ0n) is 18.0. The van der Waals surface area contributed by atoms with Gasteiger partial charge in [-0.3, -0.25) is 0 Å². The monoisotopic (exact) mass is 507 g/mol. The van der Waals surface area contributed by atoms with Crippen molar-refractivity contribution in [2.24, 2.45) is 0 Å². The van der Waals surface area contributed by atoms with E-state index in [1.54, 1.807) is 19.2 Å². The Labute approximate surface area is 193 Å². The Hall–Kier alpha value is -2.69. The fraction of sp³-hybridized carbons (Fsp3) is 0.409. The van der Waals surface area contributed by atoms with Crippen LogP contribution in [0, 0.1) is 5.21 Å². The first-order chi connectivity index (χ1) is 15.3. The van der Waals surface area contributed by atoms with Crippen molar-refractivity contribution in [1.29, 1.82) is 0 Å². The molecule has 0 spiro atoms. The maximum atomic E-state index is 13.8. The molecule has 3 heterocycles. The number of nitrogens with zero attached hydrogens (tertiary/aromatic N) is 1. The van der Waals surface area contributed by atoms with Crippen molar-refractivity contribution in [3.05, 3.63) is 44.1 Å². The van der Waals surface area contributed by atoms with Gasteiger partial charge in [0.2, 0.25) is 12.5 Å². The van der Waals surface area contributed by atoms with E-state index in [0.29, 0.717) is 40.5 Å². The molecule has 170 valence electrons. The van der Waals surface area contributed by atoms with Gasteiger partial charge in [0.15, 0.2) is 35.1 Å². The number of carbonyl (C=O) groups excluding carboxylic acids is 1. The molecule has 0 saturated heterocycles. The third kappa shape index (κ3) is 2.79. The summed E-state index contributed by atoms with van der Waals surface area (Å²) in [4.78, 5) is 12.9. The maximum Gasteiger partial charge on any atom is 0.343 e. The highest BCUT2D eigenvalue weighted by Gasteiger charge is 2.51. The average molecular weight is 508 g/mol. The molecular formula is C22H22BrNO8. The van der Waals surface area contributed by atoms with Gasteiger partial charge in [-0.15, -0.1) is 0 Å². The van der Waals surface area contributed by atoms with Gasteiger partial charge < -0.3 is 38.3 Å². The quantitative estimate of drug-likeness (QED) is 0.351. The van der Waals surface area contributed by atoms with E-state index in [9.17, 15) is 10.0 Å². The summed E-state index contributed by atoms with van der Waals surface area (Å²) in [6.45, 7) is 0.343. The van der Waals surface area contributed by atoms with Crippen LogP contribution in [0.3, 0.4) is 0 Å². The van der Waals surface area contributed by atoms with Crippen molar-refractivity contribution < 1.29 is 37.9 Å². The molecule has 3 aliphatic heterocycles. The number of hydrogen-bond donors (Lipinski definition) is 0. The Bertz CT molecular complexity index is 1130. The lowest BCUT2D eigenvalue weighted by molar-refractivity contribution is -0.899. The molecule has 0 radical (unpaired) electrons. The summed E-state index contributed by atoms with van der Waals surface area (Å²) >= 11 is 3.63. The van der Waals surface area contributed by atoms with Crippen LogP contribution in [-0.2, 0) is 11.2 Å². The van der Waals surface area contributed by atoms with Crippen LogP contribution in [0.15, 0.2) is 16.6 Å². The number of quaternary nitrogens is 1. The summed E-state index contributed by atoms with van der Waals surface area (Å²) in [6, 6.07) is 2.66. The van der Waals surface area contributed by atoms with Crippen LogP contribution < -0.4 is 23.7 Å². The fourth-order valence-corrected chi connectivity index (χ4v) is 5.64.